The van der Waals surface area contributed by atoms with E-state index in [0.29, 0.717) is 6.04 Å². The zero-order chi connectivity index (χ0) is 12.6. The summed E-state index contributed by atoms with van der Waals surface area (Å²) in [6.45, 7) is 8.27. The third-order valence-electron chi connectivity index (χ3n) is 2.55. The molecule has 5 nitrogen and oxygen atoms in total. The minimum absolute atomic E-state index is 0.0164. The predicted molar refractivity (Wildman–Crippen MR) is 74.2 cm³/mol. The molecule has 0 aromatic carbocycles. The Kier molecular flexibility index (Phi) is 3.36. The Morgan fingerprint density at radius 3 is 2.53 bits per heavy atom. The van der Waals surface area contributed by atoms with Crippen LogP contribution in [0.2, 0.25) is 0 Å². The Hall–Kier alpha value is -0.750. The Labute approximate surface area is 108 Å². The SMILES string of the molecule is CC1=NC(NC2CC2)=NC(NC(C)(C)C)N1S. The van der Waals surface area contributed by atoms with Crippen LogP contribution in [0.4, 0.5) is 0 Å². The van der Waals surface area contributed by atoms with Gasteiger partial charge in [0.05, 0.1) is 0 Å². The molecule has 1 unspecified atom stereocenters. The molecular weight excluding hydrogens is 234 g/mol. The number of guanidine groups is 1. The van der Waals surface area contributed by atoms with Gasteiger partial charge in [0.25, 0.3) is 0 Å². The first-order valence-corrected chi connectivity index (χ1v) is 6.40. The fraction of sp³-hybridized carbons (Fsp3) is 0.818. The standard InChI is InChI=1S/C11H21N5S/c1-7-12-9(13-8-5-6-8)14-10(16(7)17)15-11(2,3)4/h8,10,15,17H,5-6H2,1-4H3,(H,13,14). The largest absolute Gasteiger partial charge is 0.352 e. The summed E-state index contributed by atoms with van der Waals surface area (Å²) in [6, 6.07) is 0.562. The van der Waals surface area contributed by atoms with Gasteiger partial charge in [0.2, 0.25) is 5.96 Å². The van der Waals surface area contributed by atoms with Crippen LogP contribution in [0, 0.1) is 0 Å². The topological polar surface area (TPSA) is 52.0 Å². The highest BCUT2D eigenvalue weighted by molar-refractivity contribution is 7.78. The maximum absolute atomic E-state index is 4.54. The van der Waals surface area contributed by atoms with Crippen LogP contribution < -0.4 is 10.6 Å². The lowest BCUT2D eigenvalue weighted by atomic mass is 10.1. The lowest BCUT2D eigenvalue weighted by molar-refractivity contribution is 0.297. The van der Waals surface area contributed by atoms with E-state index in [9.17, 15) is 0 Å². The number of amidine groups is 1. The average Bonchev–Trinajstić information content (AvgIpc) is 2.95. The summed E-state index contributed by atoms with van der Waals surface area (Å²) in [7, 11) is 0. The van der Waals surface area contributed by atoms with Crippen LogP contribution in [0.1, 0.15) is 40.5 Å². The molecule has 0 saturated heterocycles. The first-order chi connectivity index (χ1) is 7.85. The molecule has 0 bridgehead atoms. The number of nitrogens with one attached hydrogen (secondary N) is 2. The van der Waals surface area contributed by atoms with Crippen LogP contribution in [0.3, 0.4) is 0 Å². The van der Waals surface area contributed by atoms with Gasteiger partial charge >= 0.3 is 0 Å². The van der Waals surface area contributed by atoms with Crippen LogP contribution >= 0.6 is 12.8 Å². The van der Waals surface area contributed by atoms with Gasteiger partial charge in [0.15, 0.2) is 6.29 Å². The second-order valence-electron chi connectivity index (χ2n) is 5.64. The quantitative estimate of drug-likeness (QED) is 0.653. The Morgan fingerprint density at radius 1 is 1.35 bits per heavy atom. The molecule has 0 spiro atoms. The van der Waals surface area contributed by atoms with Crippen molar-refractivity contribution in [2.24, 2.45) is 9.98 Å². The van der Waals surface area contributed by atoms with Gasteiger partial charge in [-0.25, -0.2) is 4.99 Å². The monoisotopic (exact) mass is 255 g/mol. The van der Waals surface area contributed by atoms with Gasteiger partial charge < -0.3 is 5.32 Å². The molecule has 0 aromatic heterocycles. The summed E-state index contributed by atoms with van der Waals surface area (Å²) in [6.07, 6.45) is 2.27. The van der Waals surface area contributed by atoms with E-state index in [-0.39, 0.29) is 11.8 Å². The highest BCUT2D eigenvalue weighted by Gasteiger charge is 2.28. The molecule has 6 heteroatoms. The van der Waals surface area contributed by atoms with Gasteiger partial charge in [-0.05, 0) is 40.5 Å². The predicted octanol–water partition coefficient (Wildman–Crippen LogP) is 1.34. The van der Waals surface area contributed by atoms with E-state index in [1.54, 1.807) is 4.31 Å². The Bertz CT molecular complexity index is 353. The first-order valence-electron chi connectivity index (χ1n) is 6.00. The minimum atomic E-state index is -0.169. The molecule has 1 aliphatic heterocycles. The number of hydrogen-bond acceptors (Lipinski definition) is 6. The van der Waals surface area contributed by atoms with Crippen molar-refractivity contribution in [1.82, 2.24) is 14.9 Å². The molecule has 0 amide bonds. The molecule has 2 N–H and O–H groups in total. The van der Waals surface area contributed by atoms with Crippen molar-refractivity contribution in [3.63, 3.8) is 0 Å². The molecule has 17 heavy (non-hydrogen) atoms. The van der Waals surface area contributed by atoms with Crippen molar-refractivity contribution in [3.8, 4) is 0 Å². The molecule has 1 aliphatic carbocycles. The molecule has 1 heterocycles. The van der Waals surface area contributed by atoms with E-state index in [1.807, 2.05) is 6.92 Å². The number of rotatable bonds is 2. The maximum atomic E-state index is 4.54. The normalized spacial score (nSPS) is 25.5. The zero-order valence-electron chi connectivity index (χ0n) is 10.9. The number of nitrogens with zero attached hydrogens (tertiary/aromatic N) is 3. The number of aliphatic imine (C=N–C) groups is 2. The molecule has 1 saturated carbocycles. The van der Waals surface area contributed by atoms with Crippen molar-refractivity contribution >= 4 is 24.6 Å². The van der Waals surface area contributed by atoms with Crippen molar-refractivity contribution in [3.05, 3.63) is 0 Å². The van der Waals surface area contributed by atoms with Crippen LogP contribution in [0.5, 0.6) is 0 Å². The van der Waals surface area contributed by atoms with Crippen LogP contribution in [-0.4, -0.2) is 34.0 Å². The highest BCUT2D eigenvalue weighted by atomic mass is 32.1. The summed E-state index contributed by atoms with van der Waals surface area (Å²) < 4.78 is 1.75. The van der Waals surface area contributed by atoms with Gasteiger partial charge in [-0.15, -0.1) is 0 Å². The summed E-state index contributed by atoms with van der Waals surface area (Å²) in [5.74, 6) is 1.57. The maximum Gasteiger partial charge on any atom is 0.223 e. The van der Waals surface area contributed by atoms with E-state index in [1.165, 1.54) is 12.8 Å². The third-order valence-corrected chi connectivity index (χ3v) is 3.06. The highest BCUT2D eigenvalue weighted by Crippen LogP contribution is 2.20. The average molecular weight is 255 g/mol. The zero-order valence-corrected chi connectivity index (χ0v) is 11.8. The second-order valence-corrected chi connectivity index (χ2v) is 6.07. The van der Waals surface area contributed by atoms with E-state index in [2.05, 4.69) is 54.2 Å². The van der Waals surface area contributed by atoms with Gasteiger partial charge in [0.1, 0.15) is 5.84 Å². The molecule has 96 valence electrons. The molecular formula is C11H21N5S. The Balaban J connectivity index is 2.08. The van der Waals surface area contributed by atoms with Crippen molar-refractivity contribution < 1.29 is 0 Å². The van der Waals surface area contributed by atoms with E-state index < -0.39 is 0 Å². The van der Waals surface area contributed by atoms with Gasteiger partial charge in [-0.3, -0.25) is 9.62 Å². The van der Waals surface area contributed by atoms with Gasteiger partial charge in [-0.1, -0.05) is 12.8 Å². The summed E-state index contributed by atoms with van der Waals surface area (Å²) >= 11 is 4.42. The summed E-state index contributed by atoms with van der Waals surface area (Å²) in [5.41, 5.74) is -0.0164. The van der Waals surface area contributed by atoms with Crippen molar-refractivity contribution in [2.75, 3.05) is 0 Å². The van der Waals surface area contributed by atoms with Crippen LogP contribution in [0.25, 0.3) is 0 Å². The van der Waals surface area contributed by atoms with Gasteiger partial charge in [-0.2, -0.15) is 4.99 Å². The second kappa shape index (κ2) is 4.49. The smallest absolute Gasteiger partial charge is 0.223 e. The fourth-order valence-electron chi connectivity index (χ4n) is 1.54. The summed E-state index contributed by atoms with van der Waals surface area (Å²) in [5, 5.41) is 6.72. The molecule has 0 radical (unpaired) electrons. The van der Waals surface area contributed by atoms with E-state index in [4.69, 9.17) is 0 Å². The first kappa shape index (κ1) is 12.7. The lowest BCUT2D eigenvalue weighted by Gasteiger charge is -2.34. The lowest BCUT2D eigenvalue weighted by Crippen LogP contribution is -2.53. The Morgan fingerprint density at radius 2 is 2.00 bits per heavy atom. The number of hydrogen-bond donors (Lipinski definition) is 3. The van der Waals surface area contributed by atoms with Crippen LogP contribution in [0.15, 0.2) is 9.98 Å². The molecule has 2 rings (SSSR count). The summed E-state index contributed by atoms with van der Waals surface area (Å²) in [4.78, 5) is 8.92. The molecule has 1 atom stereocenters. The molecule has 2 aliphatic rings. The molecule has 0 aromatic rings. The number of thiol groups is 1. The minimum Gasteiger partial charge on any atom is -0.352 e. The van der Waals surface area contributed by atoms with Crippen LogP contribution in [-0.2, 0) is 0 Å². The van der Waals surface area contributed by atoms with Crippen molar-refractivity contribution in [2.45, 2.75) is 58.4 Å². The molecule has 1 fully saturated rings. The van der Waals surface area contributed by atoms with Crippen molar-refractivity contribution in [1.29, 1.82) is 0 Å². The van der Waals surface area contributed by atoms with Gasteiger partial charge in [0, 0.05) is 11.6 Å². The van der Waals surface area contributed by atoms with E-state index >= 15 is 0 Å². The fourth-order valence-corrected chi connectivity index (χ4v) is 1.70. The third kappa shape index (κ3) is 3.61. The van der Waals surface area contributed by atoms with E-state index in [0.717, 1.165) is 11.8 Å².